The summed E-state index contributed by atoms with van der Waals surface area (Å²) in [6.07, 6.45) is 3.33. The lowest BCUT2D eigenvalue weighted by atomic mass is 10.1. The van der Waals surface area contributed by atoms with Crippen LogP contribution in [-0.2, 0) is 11.0 Å². The lowest BCUT2D eigenvalue weighted by Gasteiger charge is -2.21. The number of rotatable bonds is 5. The molecule has 0 spiro atoms. The Hall–Kier alpha value is -1.65. The second kappa shape index (κ2) is 6.68. The van der Waals surface area contributed by atoms with Gasteiger partial charge in [-0.3, -0.25) is 0 Å². The Morgan fingerprint density at radius 1 is 1.30 bits per heavy atom. The molecule has 3 N–H and O–H groups in total. The van der Waals surface area contributed by atoms with Crippen LogP contribution in [0.4, 0.5) is 5.69 Å². The number of anilines is 1. The van der Waals surface area contributed by atoms with E-state index < -0.39 is 11.0 Å². The first kappa shape index (κ1) is 16.4. The fraction of sp³-hybridized carbons (Fsp3) is 0.250. The molecule has 3 nitrogen and oxygen atoms in total. The summed E-state index contributed by atoms with van der Waals surface area (Å²) < 4.78 is 15.5. The zero-order valence-electron chi connectivity index (χ0n) is 12.3. The molecule has 0 bridgehead atoms. The van der Waals surface area contributed by atoms with Crippen molar-refractivity contribution in [3.63, 3.8) is 0 Å². The quantitative estimate of drug-likeness (QED) is 0.645. The molecule has 0 aliphatic rings. The van der Waals surface area contributed by atoms with E-state index in [4.69, 9.17) is 5.73 Å². The predicted molar refractivity (Wildman–Crippen MR) is 89.2 cm³/mol. The number of hydrogen-bond acceptors (Lipinski definition) is 2. The fourth-order valence-electron chi connectivity index (χ4n) is 1.54. The third-order valence-electron chi connectivity index (χ3n) is 2.42. The standard InChI is InChI=1S/C16H22N2OS/c1-6-7-15(20(19)18-16(3,4)5)12(2)13-8-10-14(17)11-9-13/h6-11,18H,1-2,17H2,3-5H3/b15-7+. The molecular weight excluding hydrogens is 268 g/mol. The summed E-state index contributed by atoms with van der Waals surface area (Å²) in [5.74, 6) is 0. The van der Waals surface area contributed by atoms with Crippen molar-refractivity contribution in [1.29, 1.82) is 0 Å². The maximum Gasteiger partial charge on any atom is 0.125 e. The van der Waals surface area contributed by atoms with E-state index in [-0.39, 0.29) is 5.54 Å². The van der Waals surface area contributed by atoms with Crippen LogP contribution in [0.15, 0.2) is 54.5 Å². The molecule has 1 unspecified atom stereocenters. The van der Waals surface area contributed by atoms with Crippen molar-refractivity contribution in [2.75, 3.05) is 5.73 Å². The zero-order chi connectivity index (χ0) is 15.3. The van der Waals surface area contributed by atoms with E-state index in [2.05, 4.69) is 17.9 Å². The highest BCUT2D eigenvalue weighted by atomic mass is 32.2. The highest BCUT2D eigenvalue weighted by molar-refractivity contribution is 7.87. The number of nitrogens with one attached hydrogen (secondary N) is 1. The van der Waals surface area contributed by atoms with Gasteiger partial charge in [-0.15, -0.1) is 0 Å². The van der Waals surface area contributed by atoms with Crippen molar-refractivity contribution in [2.45, 2.75) is 26.3 Å². The van der Waals surface area contributed by atoms with Gasteiger partial charge in [0, 0.05) is 11.2 Å². The lowest BCUT2D eigenvalue weighted by Crippen LogP contribution is -2.37. The molecule has 1 aromatic carbocycles. The Balaban J connectivity index is 3.06. The van der Waals surface area contributed by atoms with Crippen LogP contribution in [0.3, 0.4) is 0 Å². The molecule has 0 radical (unpaired) electrons. The third-order valence-corrected chi connectivity index (χ3v) is 4.00. The van der Waals surface area contributed by atoms with Crippen molar-refractivity contribution in [2.24, 2.45) is 0 Å². The van der Waals surface area contributed by atoms with Crippen molar-refractivity contribution < 1.29 is 4.21 Å². The highest BCUT2D eigenvalue weighted by Crippen LogP contribution is 2.25. The van der Waals surface area contributed by atoms with Gasteiger partial charge in [-0.1, -0.05) is 31.4 Å². The molecule has 20 heavy (non-hydrogen) atoms. The first-order valence-electron chi connectivity index (χ1n) is 6.32. The van der Waals surface area contributed by atoms with Crippen LogP contribution in [0.1, 0.15) is 26.3 Å². The van der Waals surface area contributed by atoms with Gasteiger partial charge in [-0.2, -0.15) is 0 Å². The fourth-order valence-corrected chi connectivity index (χ4v) is 2.77. The van der Waals surface area contributed by atoms with Crippen molar-refractivity contribution in [3.8, 4) is 0 Å². The summed E-state index contributed by atoms with van der Waals surface area (Å²) in [5.41, 5.74) is 7.68. The van der Waals surface area contributed by atoms with E-state index in [1.807, 2.05) is 32.9 Å². The van der Waals surface area contributed by atoms with Gasteiger partial charge in [-0.25, -0.2) is 8.93 Å². The topological polar surface area (TPSA) is 55.1 Å². The summed E-state index contributed by atoms with van der Waals surface area (Å²) in [6.45, 7) is 13.6. The molecule has 1 atom stereocenters. The van der Waals surface area contributed by atoms with Crippen LogP contribution < -0.4 is 10.5 Å². The minimum Gasteiger partial charge on any atom is -0.399 e. The van der Waals surface area contributed by atoms with Gasteiger partial charge in [-0.05, 0) is 50.1 Å². The number of allylic oxidation sites excluding steroid dienone is 3. The first-order chi connectivity index (χ1) is 9.24. The summed E-state index contributed by atoms with van der Waals surface area (Å²) in [7, 11) is -1.35. The maximum absolute atomic E-state index is 12.4. The minimum absolute atomic E-state index is 0.257. The molecule has 0 aliphatic carbocycles. The molecule has 108 valence electrons. The van der Waals surface area contributed by atoms with Crippen LogP contribution in [0.25, 0.3) is 5.57 Å². The van der Waals surface area contributed by atoms with E-state index in [9.17, 15) is 4.21 Å². The van der Waals surface area contributed by atoms with Gasteiger partial charge in [0.15, 0.2) is 0 Å². The first-order valence-corrected chi connectivity index (χ1v) is 7.47. The summed E-state index contributed by atoms with van der Waals surface area (Å²) >= 11 is 0. The predicted octanol–water partition coefficient (Wildman–Crippen LogP) is 3.40. The summed E-state index contributed by atoms with van der Waals surface area (Å²) in [5, 5.41) is 0. The molecule has 4 heteroatoms. The van der Waals surface area contributed by atoms with E-state index in [1.165, 1.54) is 0 Å². The van der Waals surface area contributed by atoms with E-state index in [0.29, 0.717) is 16.2 Å². The number of nitrogen functional groups attached to an aromatic ring is 1. The number of nitrogens with two attached hydrogens (primary N) is 1. The van der Waals surface area contributed by atoms with Gasteiger partial charge < -0.3 is 5.73 Å². The van der Waals surface area contributed by atoms with Crippen LogP contribution in [-0.4, -0.2) is 9.75 Å². The molecule has 1 aromatic rings. The normalized spacial score (nSPS) is 13.8. The molecule has 0 aromatic heterocycles. The Morgan fingerprint density at radius 3 is 2.30 bits per heavy atom. The zero-order valence-corrected chi connectivity index (χ0v) is 13.1. The van der Waals surface area contributed by atoms with Gasteiger partial charge in [0.1, 0.15) is 11.0 Å². The Kier molecular flexibility index (Phi) is 5.48. The molecular formula is C16H22N2OS. The molecule has 1 rings (SSSR count). The number of hydrogen-bond donors (Lipinski definition) is 2. The second-order valence-corrected chi connectivity index (χ2v) is 6.67. The molecule has 0 saturated carbocycles. The monoisotopic (exact) mass is 290 g/mol. The smallest absolute Gasteiger partial charge is 0.125 e. The molecule has 0 heterocycles. The molecule has 0 fully saturated rings. The van der Waals surface area contributed by atoms with Crippen LogP contribution >= 0.6 is 0 Å². The van der Waals surface area contributed by atoms with Gasteiger partial charge in [0.2, 0.25) is 0 Å². The van der Waals surface area contributed by atoms with Gasteiger partial charge in [0.05, 0.1) is 4.91 Å². The lowest BCUT2D eigenvalue weighted by molar-refractivity contribution is 0.522. The Labute approximate surface area is 123 Å². The van der Waals surface area contributed by atoms with Gasteiger partial charge in [0.25, 0.3) is 0 Å². The van der Waals surface area contributed by atoms with Gasteiger partial charge >= 0.3 is 0 Å². The van der Waals surface area contributed by atoms with Crippen LogP contribution in [0, 0.1) is 0 Å². The number of benzene rings is 1. The average molecular weight is 290 g/mol. The maximum atomic E-state index is 12.4. The Bertz CT molecular complexity index is 551. The second-order valence-electron chi connectivity index (χ2n) is 5.49. The molecule has 0 aliphatic heterocycles. The molecule has 0 saturated heterocycles. The van der Waals surface area contributed by atoms with Crippen molar-refractivity contribution in [1.82, 2.24) is 4.72 Å². The largest absolute Gasteiger partial charge is 0.399 e. The summed E-state index contributed by atoms with van der Waals surface area (Å²) in [4.78, 5) is 0.611. The average Bonchev–Trinajstić information content (AvgIpc) is 2.34. The summed E-state index contributed by atoms with van der Waals surface area (Å²) in [6, 6.07) is 7.32. The highest BCUT2D eigenvalue weighted by Gasteiger charge is 2.18. The van der Waals surface area contributed by atoms with E-state index in [1.54, 1.807) is 24.3 Å². The minimum atomic E-state index is -1.35. The molecule has 0 amide bonds. The van der Waals surface area contributed by atoms with Crippen LogP contribution in [0.2, 0.25) is 0 Å². The SMILES string of the molecule is C=C/C=C(\C(=C)c1ccc(N)cc1)S(=O)NC(C)(C)C. The van der Waals surface area contributed by atoms with E-state index in [0.717, 1.165) is 5.56 Å². The van der Waals surface area contributed by atoms with Crippen molar-refractivity contribution >= 4 is 22.2 Å². The van der Waals surface area contributed by atoms with Crippen molar-refractivity contribution in [3.05, 3.63) is 60.0 Å². The van der Waals surface area contributed by atoms with Crippen LogP contribution in [0.5, 0.6) is 0 Å². The third kappa shape index (κ3) is 4.79. The van der Waals surface area contributed by atoms with E-state index >= 15 is 0 Å². The Morgan fingerprint density at radius 2 is 1.85 bits per heavy atom.